The first-order chi connectivity index (χ1) is 10.5. The van der Waals surface area contributed by atoms with E-state index in [-0.39, 0.29) is 12.4 Å². The summed E-state index contributed by atoms with van der Waals surface area (Å²) in [6.45, 7) is 2.54. The molecule has 2 rings (SSSR count). The highest BCUT2D eigenvalue weighted by Gasteiger charge is 2.15. The number of ether oxygens (including phenoxy) is 2. The summed E-state index contributed by atoms with van der Waals surface area (Å²) < 4.78 is 24.9. The van der Waals surface area contributed by atoms with Gasteiger partial charge in [-0.25, -0.2) is 4.39 Å². The molecule has 0 bridgehead atoms. The van der Waals surface area contributed by atoms with Gasteiger partial charge in [-0.15, -0.1) is 0 Å². The van der Waals surface area contributed by atoms with Crippen molar-refractivity contribution in [1.82, 2.24) is 0 Å². The molecule has 0 N–H and O–H groups in total. The third-order valence-electron chi connectivity index (χ3n) is 2.83. The summed E-state index contributed by atoms with van der Waals surface area (Å²) in [6, 6.07) is 9.25. The van der Waals surface area contributed by atoms with E-state index in [2.05, 4.69) is 22.6 Å². The molecule has 22 heavy (non-hydrogen) atoms. The van der Waals surface area contributed by atoms with E-state index in [1.807, 2.05) is 6.92 Å². The van der Waals surface area contributed by atoms with E-state index >= 15 is 0 Å². The van der Waals surface area contributed by atoms with Crippen molar-refractivity contribution in [2.24, 2.45) is 0 Å². The lowest BCUT2D eigenvalue weighted by molar-refractivity contribution is 0.108. The fraction of sp³-hybridized carbons (Fsp3) is 0.188. The van der Waals surface area contributed by atoms with Gasteiger partial charge in [0, 0.05) is 5.56 Å². The first-order valence-corrected chi connectivity index (χ1v) is 8.00. The van der Waals surface area contributed by atoms with E-state index < -0.39 is 5.24 Å². The minimum Gasteiger partial charge on any atom is -0.490 e. The molecule has 0 fully saturated rings. The number of rotatable bonds is 6. The van der Waals surface area contributed by atoms with E-state index in [1.54, 1.807) is 24.3 Å². The van der Waals surface area contributed by atoms with Crippen LogP contribution in [0.2, 0.25) is 0 Å². The Morgan fingerprint density at radius 1 is 1.23 bits per heavy atom. The number of benzene rings is 2. The number of hydrogen-bond donors (Lipinski definition) is 0. The fourth-order valence-corrected chi connectivity index (χ4v) is 2.69. The molecule has 0 aliphatic heterocycles. The first kappa shape index (κ1) is 17.0. The monoisotopic (exact) mass is 434 g/mol. The van der Waals surface area contributed by atoms with Crippen LogP contribution in [-0.2, 0) is 6.61 Å². The van der Waals surface area contributed by atoms with Crippen LogP contribution in [0.4, 0.5) is 4.39 Å². The smallest absolute Gasteiger partial charge is 0.252 e. The summed E-state index contributed by atoms with van der Waals surface area (Å²) in [5, 5.41) is -0.552. The zero-order chi connectivity index (χ0) is 16.1. The van der Waals surface area contributed by atoms with Gasteiger partial charge in [-0.05, 0) is 70.9 Å². The highest BCUT2D eigenvalue weighted by molar-refractivity contribution is 14.1. The predicted octanol–water partition coefficient (Wildman–Crippen LogP) is 4.79. The van der Waals surface area contributed by atoms with Crippen molar-refractivity contribution < 1.29 is 18.7 Å². The van der Waals surface area contributed by atoms with Crippen LogP contribution in [0.5, 0.6) is 11.5 Å². The Balaban J connectivity index is 2.25. The number of carbonyl (C=O) groups excluding carboxylic acids is 1. The SMILES string of the molecule is CCOc1cc(C(=O)Cl)cc(I)c1OCc1ccc(F)cc1. The van der Waals surface area contributed by atoms with Gasteiger partial charge in [0.1, 0.15) is 12.4 Å². The van der Waals surface area contributed by atoms with Crippen LogP contribution in [0.25, 0.3) is 0 Å². The molecule has 0 aliphatic rings. The molecular formula is C16H13ClFIO3. The molecule has 3 nitrogen and oxygen atoms in total. The van der Waals surface area contributed by atoms with Crippen molar-refractivity contribution in [2.75, 3.05) is 6.61 Å². The van der Waals surface area contributed by atoms with Crippen LogP contribution >= 0.6 is 34.2 Å². The molecule has 0 radical (unpaired) electrons. The maximum Gasteiger partial charge on any atom is 0.252 e. The second-order valence-electron chi connectivity index (χ2n) is 4.41. The van der Waals surface area contributed by atoms with E-state index in [4.69, 9.17) is 21.1 Å². The molecule has 0 spiro atoms. The van der Waals surface area contributed by atoms with Crippen LogP contribution in [0.15, 0.2) is 36.4 Å². The predicted molar refractivity (Wildman–Crippen MR) is 91.2 cm³/mol. The van der Waals surface area contributed by atoms with Gasteiger partial charge in [-0.3, -0.25) is 4.79 Å². The van der Waals surface area contributed by atoms with Gasteiger partial charge in [0.05, 0.1) is 10.2 Å². The summed E-state index contributed by atoms with van der Waals surface area (Å²) in [4.78, 5) is 11.3. The van der Waals surface area contributed by atoms with Crippen LogP contribution in [0, 0.1) is 9.39 Å². The molecule has 2 aromatic rings. The van der Waals surface area contributed by atoms with Crippen LogP contribution in [-0.4, -0.2) is 11.8 Å². The Kier molecular flexibility index (Phi) is 6.02. The molecule has 0 unspecified atom stereocenters. The van der Waals surface area contributed by atoms with Crippen LogP contribution < -0.4 is 9.47 Å². The summed E-state index contributed by atoms with van der Waals surface area (Å²) in [6.07, 6.45) is 0. The molecule has 0 aliphatic carbocycles. The minimum absolute atomic E-state index is 0.268. The largest absolute Gasteiger partial charge is 0.490 e. The van der Waals surface area contributed by atoms with Gasteiger partial charge in [0.2, 0.25) is 0 Å². The second-order valence-corrected chi connectivity index (χ2v) is 5.91. The molecule has 0 aromatic heterocycles. The topological polar surface area (TPSA) is 35.5 Å². The first-order valence-electron chi connectivity index (χ1n) is 6.54. The van der Waals surface area contributed by atoms with E-state index in [0.29, 0.717) is 23.7 Å². The fourth-order valence-electron chi connectivity index (χ4n) is 1.82. The zero-order valence-electron chi connectivity index (χ0n) is 11.7. The quantitative estimate of drug-likeness (QED) is 0.485. The third kappa shape index (κ3) is 4.33. The summed E-state index contributed by atoms with van der Waals surface area (Å²) in [5.74, 6) is 0.701. The molecular weight excluding hydrogens is 422 g/mol. The lowest BCUT2D eigenvalue weighted by Crippen LogP contribution is -2.03. The Labute approximate surface area is 146 Å². The Morgan fingerprint density at radius 2 is 1.91 bits per heavy atom. The second kappa shape index (κ2) is 7.78. The maximum atomic E-state index is 12.9. The molecule has 0 heterocycles. The lowest BCUT2D eigenvalue weighted by Gasteiger charge is -2.14. The van der Waals surface area contributed by atoms with E-state index in [9.17, 15) is 9.18 Å². The highest BCUT2D eigenvalue weighted by atomic mass is 127. The third-order valence-corrected chi connectivity index (χ3v) is 3.85. The Bertz CT molecular complexity index is 674. The highest BCUT2D eigenvalue weighted by Crippen LogP contribution is 2.35. The lowest BCUT2D eigenvalue weighted by atomic mass is 10.2. The normalized spacial score (nSPS) is 10.4. The van der Waals surface area contributed by atoms with Gasteiger partial charge < -0.3 is 9.47 Å². The molecule has 6 heteroatoms. The summed E-state index contributed by atoms with van der Waals surface area (Å²) in [5.41, 5.74) is 1.18. The van der Waals surface area contributed by atoms with Crippen molar-refractivity contribution in [2.45, 2.75) is 13.5 Å². The minimum atomic E-state index is -0.552. The van der Waals surface area contributed by atoms with Crippen molar-refractivity contribution in [3.05, 3.63) is 56.9 Å². The summed E-state index contributed by atoms with van der Waals surface area (Å²) >= 11 is 7.57. The van der Waals surface area contributed by atoms with Crippen molar-refractivity contribution in [3.8, 4) is 11.5 Å². The molecule has 2 aromatic carbocycles. The van der Waals surface area contributed by atoms with Crippen LogP contribution in [0.1, 0.15) is 22.8 Å². The average Bonchev–Trinajstić information content (AvgIpc) is 2.48. The van der Waals surface area contributed by atoms with Crippen molar-refractivity contribution in [1.29, 1.82) is 0 Å². The standard InChI is InChI=1S/C16H13ClFIO3/c1-2-21-14-8-11(16(17)20)7-13(19)15(14)22-9-10-3-5-12(18)6-4-10/h3-8H,2,9H2,1H3. The van der Waals surface area contributed by atoms with Gasteiger partial charge in [0.25, 0.3) is 5.24 Å². The van der Waals surface area contributed by atoms with Gasteiger partial charge >= 0.3 is 0 Å². The Morgan fingerprint density at radius 3 is 2.50 bits per heavy atom. The van der Waals surface area contributed by atoms with Gasteiger partial charge in [-0.2, -0.15) is 0 Å². The van der Waals surface area contributed by atoms with Crippen molar-refractivity contribution in [3.63, 3.8) is 0 Å². The van der Waals surface area contributed by atoms with Crippen molar-refractivity contribution >= 4 is 39.4 Å². The number of carbonyl (C=O) groups is 1. The zero-order valence-corrected chi connectivity index (χ0v) is 14.7. The molecule has 0 atom stereocenters. The Hall–Kier alpha value is -1.34. The van der Waals surface area contributed by atoms with Crippen LogP contribution in [0.3, 0.4) is 0 Å². The number of hydrogen-bond acceptors (Lipinski definition) is 3. The average molecular weight is 435 g/mol. The molecule has 116 valence electrons. The van der Waals surface area contributed by atoms with E-state index in [1.165, 1.54) is 12.1 Å². The van der Waals surface area contributed by atoms with Gasteiger partial charge in [-0.1, -0.05) is 12.1 Å². The molecule has 0 saturated heterocycles. The summed E-state index contributed by atoms with van der Waals surface area (Å²) in [7, 11) is 0. The number of halogens is 3. The van der Waals surface area contributed by atoms with Gasteiger partial charge in [0.15, 0.2) is 11.5 Å². The molecule has 0 saturated carbocycles. The maximum absolute atomic E-state index is 12.9. The van der Waals surface area contributed by atoms with E-state index in [0.717, 1.165) is 9.13 Å². The molecule has 0 amide bonds.